The van der Waals surface area contributed by atoms with Crippen molar-refractivity contribution in [1.82, 2.24) is 0 Å². The molecular weight excluding hydrogens is 161 g/mol. The third-order valence-electron chi connectivity index (χ3n) is 1.23. The van der Waals surface area contributed by atoms with Gasteiger partial charge in [-0.05, 0) is 5.38 Å². The molecule has 2 radical (unpaired) electrons. The number of ether oxygens (including phenoxy) is 1. The lowest BCUT2D eigenvalue weighted by Gasteiger charge is -1.96. The zero-order valence-electron chi connectivity index (χ0n) is 5.96. The lowest BCUT2D eigenvalue weighted by molar-refractivity contribution is 0.0607. The number of carbonyl (C=O) groups excluding carboxylic acids is 1. The number of hydrogen-bond acceptors (Lipinski definition) is 4. The van der Waals surface area contributed by atoms with Gasteiger partial charge in [0.1, 0.15) is 12.7 Å². The van der Waals surface area contributed by atoms with E-state index >= 15 is 0 Å². The predicted molar refractivity (Wildman–Crippen MR) is 45.5 cm³/mol. The number of nitrogen functional groups attached to an aromatic ring is 1. The second kappa shape index (κ2) is 2.96. The summed E-state index contributed by atoms with van der Waals surface area (Å²) in [5.74, 6) is -0.441. The number of esters is 1. The number of thiophene rings is 1. The molecule has 1 heterocycles. The Labute approximate surface area is 69.6 Å². The molecule has 1 rings (SSSR count). The smallest absolute Gasteiger partial charge is 0.350 e. The van der Waals surface area contributed by atoms with Crippen LogP contribution in [-0.2, 0) is 4.74 Å². The van der Waals surface area contributed by atoms with E-state index in [4.69, 9.17) is 13.6 Å². The van der Waals surface area contributed by atoms with Crippen LogP contribution in [-0.4, -0.2) is 20.9 Å². The van der Waals surface area contributed by atoms with Crippen LogP contribution in [0.1, 0.15) is 9.67 Å². The maximum absolute atomic E-state index is 10.9. The normalized spacial score (nSPS) is 9.55. The van der Waals surface area contributed by atoms with Gasteiger partial charge < -0.3 is 10.5 Å². The molecule has 0 saturated carbocycles. The number of methoxy groups -OCH3 is 1. The summed E-state index contributed by atoms with van der Waals surface area (Å²) < 4.78 is 4.47. The van der Waals surface area contributed by atoms with Gasteiger partial charge in [0.25, 0.3) is 0 Å². The average Bonchev–Trinajstić information content (AvgIpc) is 2.32. The van der Waals surface area contributed by atoms with E-state index < -0.39 is 5.97 Å². The van der Waals surface area contributed by atoms with Crippen molar-refractivity contribution in [2.75, 3.05) is 12.8 Å². The minimum Gasteiger partial charge on any atom is -0.465 e. The summed E-state index contributed by atoms with van der Waals surface area (Å²) in [6.45, 7) is 0. The molecule has 1 aromatic heterocycles. The van der Waals surface area contributed by atoms with Crippen molar-refractivity contribution in [1.29, 1.82) is 0 Å². The molecule has 5 heteroatoms. The monoisotopic (exact) mass is 167 g/mol. The van der Waals surface area contributed by atoms with Crippen LogP contribution < -0.4 is 11.2 Å². The van der Waals surface area contributed by atoms with Gasteiger partial charge in [0, 0.05) is 5.69 Å². The van der Waals surface area contributed by atoms with Gasteiger partial charge in [-0.3, -0.25) is 0 Å². The molecule has 0 aliphatic carbocycles. The number of nitrogens with two attached hydrogens (primary N) is 1. The highest BCUT2D eigenvalue weighted by molar-refractivity contribution is 7.13. The van der Waals surface area contributed by atoms with E-state index in [1.54, 1.807) is 5.38 Å². The third kappa shape index (κ3) is 1.37. The summed E-state index contributed by atoms with van der Waals surface area (Å²) in [7, 11) is 6.71. The van der Waals surface area contributed by atoms with Crippen LogP contribution in [0, 0.1) is 0 Å². The molecule has 0 unspecified atom stereocenters. The van der Waals surface area contributed by atoms with E-state index in [9.17, 15) is 4.79 Å². The van der Waals surface area contributed by atoms with E-state index in [1.807, 2.05) is 0 Å². The molecule has 3 nitrogen and oxygen atoms in total. The van der Waals surface area contributed by atoms with Crippen LogP contribution in [0.2, 0.25) is 0 Å². The van der Waals surface area contributed by atoms with E-state index in [1.165, 1.54) is 18.4 Å². The second-order valence-electron chi connectivity index (χ2n) is 1.93. The Morgan fingerprint density at radius 2 is 2.45 bits per heavy atom. The Bertz CT molecular complexity index is 284. The van der Waals surface area contributed by atoms with Crippen molar-refractivity contribution in [2.45, 2.75) is 0 Å². The second-order valence-corrected chi connectivity index (χ2v) is 2.81. The lowest BCUT2D eigenvalue weighted by Crippen LogP contribution is -2.09. The first-order valence-electron chi connectivity index (χ1n) is 2.87. The average molecular weight is 167 g/mol. The molecule has 0 fully saturated rings. The van der Waals surface area contributed by atoms with Crippen molar-refractivity contribution < 1.29 is 9.53 Å². The Kier molecular flexibility index (Phi) is 2.19. The van der Waals surface area contributed by atoms with Gasteiger partial charge in [0.2, 0.25) is 0 Å². The maximum atomic E-state index is 10.9. The standard InChI is InChI=1S/C6H6BNO2S/c1-10-6(9)5-4(8)3(7)2-11-5/h2H,8H2,1H3. The van der Waals surface area contributed by atoms with Gasteiger partial charge in [0.15, 0.2) is 0 Å². The highest BCUT2D eigenvalue weighted by atomic mass is 32.1. The molecule has 0 aromatic carbocycles. The number of hydrogen-bond donors (Lipinski definition) is 1. The van der Waals surface area contributed by atoms with E-state index in [2.05, 4.69) is 4.74 Å². The fourth-order valence-electron chi connectivity index (χ4n) is 0.631. The van der Waals surface area contributed by atoms with E-state index in [0.717, 1.165) is 0 Å². The Hall–Kier alpha value is -0.965. The quantitative estimate of drug-likeness (QED) is 0.469. The molecule has 0 amide bonds. The van der Waals surface area contributed by atoms with Gasteiger partial charge in [-0.1, -0.05) is 5.46 Å². The molecule has 0 atom stereocenters. The van der Waals surface area contributed by atoms with Crippen LogP contribution in [0.3, 0.4) is 0 Å². The van der Waals surface area contributed by atoms with Crippen molar-refractivity contribution in [2.24, 2.45) is 0 Å². The van der Waals surface area contributed by atoms with Crippen molar-refractivity contribution >= 4 is 36.3 Å². The van der Waals surface area contributed by atoms with Crippen LogP contribution in [0.5, 0.6) is 0 Å². The van der Waals surface area contributed by atoms with Crippen LogP contribution in [0.15, 0.2) is 5.38 Å². The first-order chi connectivity index (χ1) is 5.16. The largest absolute Gasteiger partial charge is 0.465 e. The third-order valence-corrected chi connectivity index (χ3v) is 2.22. The summed E-state index contributed by atoms with van der Waals surface area (Å²) >= 11 is 1.18. The van der Waals surface area contributed by atoms with Crippen LogP contribution in [0.25, 0.3) is 0 Å². The molecule has 0 bridgehead atoms. The molecule has 0 spiro atoms. The lowest BCUT2D eigenvalue weighted by atomic mass is 9.98. The van der Waals surface area contributed by atoms with Crippen LogP contribution in [0.4, 0.5) is 5.69 Å². The van der Waals surface area contributed by atoms with Crippen molar-refractivity contribution in [3.8, 4) is 0 Å². The fourth-order valence-corrected chi connectivity index (χ4v) is 1.43. The summed E-state index contributed by atoms with van der Waals surface area (Å²) in [5, 5.41) is 1.61. The van der Waals surface area contributed by atoms with Gasteiger partial charge in [-0.15, -0.1) is 11.3 Å². The Balaban J connectivity index is 3.04. The molecule has 0 saturated heterocycles. The molecule has 11 heavy (non-hydrogen) atoms. The first-order valence-corrected chi connectivity index (χ1v) is 3.75. The molecule has 56 valence electrons. The zero-order chi connectivity index (χ0) is 8.43. The van der Waals surface area contributed by atoms with Crippen molar-refractivity contribution in [3.05, 3.63) is 10.3 Å². The highest BCUT2D eigenvalue weighted by Gasteiger charge is 2.12. The Morgan fingerprint density at radius 3 is 2.82 bits per heavy atom. The fraction of sp³-hybridized carbons (Fsp3) is 0.167. The topological polar surface area (TPSA) is 52.3 Å². The molecular formula is C6H6BNO2S. The van der Waals surface area contributed by atoms with E-state index in [0.29, 0.717) is 16.0 Å². The van der Waals surface area contributed by atoms with Crippen LogP contribution >= 0.6 is 11.3 Å². The van der Waals surface area contributed by atoms with Gasteiger partial charge in [-0.2, -0.15) is 0 Å². The van der Waals surface area contributed by atoms with Crippen molar-refractivity contribution in [3.63, 3.8) is 0 Å². The summed E-state index contributed by atoms with van der Waals surface area (Å²) in [5.41, 5.74) is 6.20. The molecule has 2 N–H and O–H groups in total. The van der Waals surface area contributed by atoms with Gasteiger partial charge in [-0.25, -0.2) is 4.79 Å². The minimum absolute atomic E-state index is 0.307. The van der Waals surface area contributed by atoms with E-state index in [-0.39, 0.29) is 0 Å². The first kappa shape index (κ1) is 8.13. The minimum atomic E-state index is -0.441. The predicted octanol–water partition coefficient (Wildman–Crippen LogP) is -0.0893. The summed E-state index contributed by atoms with van der Waals surface area (Å²) in [6, 6.07) is 0. The van der Waals surface area contributed by atoms with Gasteiger partial charge in [0.05, 0.1) is 7.11 Å². The Morgan fingerprint density at radius 1 is 1.82 bits per heavy atom. The molecule has 0 aliphatic rings. The molecule has 0 aliphatic heterocycles. The SMILES string of the molecule is [B]c1csc(C(=O)OC)c1N. The zero-order valence-corrected chi connectivity index (χ0v) is 6.77. The maximum Gasteiger partial charge on any atom is 0.350 e. The number of anilines is 1. The summed E-state index contributed by atoms with van der Waals surface area (Å²) in [6.07, 6.45) is 0. The molecule has 1 aromatic rings. The van der Waals surface area contributed by atoms with Gasteiger partial charge >= 0.3 is 5.97 Å². The summed E-state index contributed by atoms with van der Waals surface area (Å²) in [4.78, 5) is 11.3. The number of rotatable bonds is 1. The number of carbonyl (C=O) groups is 1. The highest BCUT2D eigenvalue weighted by Crippen LogP contribution is 2.16.